The van der Waals surface area contributed by atoms with Crippen LogP contribution in [0.5, 0.6) is 0 Å². The van der Waals surface area contributed by atoms with Crippen LogP contribution >= 0.6 is 0 Å². The molecule has 0 aliphatic carbocycles. The van der Waals surface area contributed by atoms with Gasteiger partial charge in [-0.15, -0.1) is 0 Å². The average Bonchev–Trinajstić information content (AvgIpc) is 2.72. The van der Waals surface area contributed by atoms with Crippen LogP contribution in [-0.4, -0.2) is 13.9 Å². The van der Waals surface area contributed by atoms with E-state index in [1.54, 1.807) is 0 Å². The van der Waals surface area contributed by atoms with Crippen molar-refractivity contribution in [1.82, 2.24) is 0 Å². The number of rotatable bonds is 6. The highest BCUT2D eigenvalue weighted by molar-refractivity contribution is 6.84. The van der Waals surface area contributed by atoms with Gasteiger partial charge in [-0.25, -0.2) is 4.99 Å². The van der Waals surface area contributed by atoms with Crippen LogP contribution in [0.15, 0.2) is 101 Å². The minimum Gasteiger partial charge on any atom is -0.228 e. The summed E-state index contributed by atoms with van der Waals surface area (Å²) < 4.78 is 0. The maximum Gasteiger partial charge on any atom is 0.117 e. The van der Waals surface area contributed by atoms with Crippen molar-refractivity contribution in [1.29, 1.82) is 0 Å². The highest BCUT2D eigenvalue weighted by Gasteiger charge is 2.28. The normalized spacial score (nSPS) is 11.6. The van der Waals surface area contributed by atoms with Crippen molar-refractivity contribution in [2.24, 2.45) is 4.99 Å². The Kier molecular flexibility index (Phi) is 6.14. The number of nitrogens with zero attached hydrogens (tertiary/aromatic N) is 1. The lowest BCUT2D eigenvalue weighted by Crippen LogP contribution is -2.27. The molecule has 0 atom stereocenters. The lowest BCUT2D eigenvalue weighted by Gasteiger charge is -2.26. The average molecular weight is 384 g/mol. The molecular formula is C26H29NSi. The molecular weight excluding hydrogens is 354 g/mol. The summed E-state index contributed by atoms with van der Waals surface area (Å²) in [6.45, 7) is 9.30. The zero-order valence-corrected chi connectivity index (χ0v) is 18.3. The van der Waals surface area contributed by atoms with Gasteiger partial charge in [-0.3, -0.25) is 0 Å². The van der Waals surface area contributed by atoms with Crippen LogP contribution < -0.4 is 0 Å². The Bertz CT molecular complexity index is 908. The quantitative estimate of drug-likeness (QED) is 0.333. The Morgan fingerprint density at radius 1 is 0.750 bits per heavy atom. The number of benzene rings is 3. The minimum absolute atomic E-state index is 0.454. The van der Waals surface area contributed by atoms with Crippen molar-refractivity contribution in [3.8, 4) is 0 Å². The van der Waals surface area contributed by atoms with Crippen LogP contribution in [0.25, 0.3) is 0 Å². The number of hydrogen-bond donors (Lipinski definition) is 0. The second-order valence-electron chi connectivity index (χ2n) is 8.42. The SMILES string of the molecule is CC(N=C=C(Cc1ccccc1)[Si](C)(C)C)(c1ccccc1)c1ccccc1. The molecule has 0 aromatic heterocycles. The third-order valence-corrected chi connectivity index (χ3v) is 7.31. The number of allylic oxidation sites excluding steroid dienone is 1. The van der Waals surface area contributed by atoms with Gasteiger partial charge in [-0.2, -0.15) is 0 Å². The summed E-state index contributed by atoms with van der Waals surface area (Å²) in [5, 5.41) is 1.34. The van der Waals surface area contributed by atoms with Gasteiger partial charge in [0.2, 0.25) is 0 Å². The van der Waals surface area contributed by atoms with E-state index in [1.807, 2.05) is 0 Å². The van der Waals surface area contributed by atoms with Crippen LogP contribution in [0.3, 0.4) is 0 Å². The van der Waals surface area contributed by atoms with Gasteiger partial charge in [-0.05, 0) is 41.1 Å². The monoisotopic (exact) mass is 383 g/mol. The van der Waals surface area contributed by atoms with Crippen molar-refractivity contribution in [2.75, 3.05) is 0 Å². The molecule has 1 nitrogen and oxygen atoms in total. The fraction of sp³-hybridized carbons (Fsp3) is 0.231. The molecule has 0 spiro atoms. The summed E-state index contributed by atoms with van der Waals surface area (Å²) in [6.07, 6.45) is 0.916. The summed E-state index contributed by atoms with van der Waals surface area (Å²) in [6, 6.07) is 31.7. The van der Waals surface area contributed by atoms with Crippen molar-refractivity contribution in [3.63, 3.8) is 0 Å². The summed E-state index contributed by atoms with van der Waals surface area (Å²) in [4.78, 5) is 5.11. The van der Waals surface area contributed by atoms with E-state index in [4.69, 9.17) is 4.99 Å². The molecule has 3 aromatic carbocycles. The Balaban J connectivity index is 2.12. The van der Waals surface area contributed by atoms with E-state index in [2.05, 4.69) is 123 Å². The van der Waals surface area contributed by atoms with E-state index >= 15 is 0 Å². The van der Waals surface area contributed by atoms with Gasteiger partial charge in [0.25, 0.3) is 0 Å². The zero-order chi connectivity index (χ0) is 20.0. The second-order valence-corrected chi connectivity index (χ2v) is 13.5. The largest absolute Gasteiger partial charge is 0.228 e. The van der Waals surface area contributed by atoms with Crippen LogP contribution in [0.1, 0.15) is 23.6 Å². The first-order valence-electron chi connectivity index (χ1n) is 9.89. The molecule has 0 amide bonds. The van der Waals surface area contributed by atoms with Gasteiger partial charge in [0.05, 0.1) is 8.07 Å². The van der Waals surface area contributed by atoms with Gasteiger partial charge in [0, 0.05) is 0 Å². The second kappa shape index (κ2) is 8.56. The third kappa shape index (κ3) is 4.78. The van der Waals surface area contributed by atoms with E-state index in [0.717, 1.165) is 6.42 Å². The van der Waals surface area contributed by atoms with Crippen molar-refractivity contribution < 1.29 is 0 Å². The summed E-state index contributed by atoms with van der Waals surface area (Å²) in [5.74, 6) is 3.55. The van der Waals surface area contributed by atoms with E-state index in [9.17, 15) is 0 Å². The molecule has 3 rings (SSSR count). The van der Waals surface area contributed by atoms with Gasteiger partial charge in [-0.1, -0.05) is 111 Å². The first-order chi connectivity index (χ1) is 13.4. The summed E-state index contributed by atoms with van der Waals surface area (Å²) in [7, 11) is -1.56. The summed E-state index contributed by atoms with van der Waals surface area (Å²) in [5.41, 5.74) is 3.24. The molecule has 0 N–H and O–H groups in total. The van der Waals surface area contributed by atoms with Crippen LogP contribution in [0, 0.1) is 0 Å². The Labute approximate surface area is 170 Å². The topological polar surface area (TPSA) is 12.4 Å². The third-order valence-electron chi connectivity index (χ3n) is 5.22. The lowest BCUT2D eigenvalue weighted by atomic mass is 9.85. The molecule has 0 heterocycles. The maximum atomic E-state index is 5.11. The van der Waals surface area contributed by atoms with Crippen molar-refractivity contribution in [3.05, 3.63) is 113 Å². The van der Waals surface area contributed by atoms with Crippen LogP contribution in [-0.2, 0) is 12.0 Å². The van der Waals surface area contributed by atoms with Gasteiger partial charge in [0.15, 0.2) is 0 Å². The number of hydrogen-bond acceptors (Lipinski definition) is 1. The van der Waals surface area contributed by atoms with Gasteiger partial charge < -0.3 is 0 Å². The minimum atomic E-state index is -1.56. The van der Waals surface area contributed by atoms with E-state index in [-0.39, 0.29) is 0 Å². The zero-order valence-electron chi connectivity index (χ0n) is 17.3. The first kappa shape index (κ1) is 20.1. The first-order valence-corrected chi connectivity index (χ1v) is 13.4. The lowest BCUT2D eigenvalue weighted by molar-refractivity contribution is 0.611. The molecule has 0 bridgehead atoms. The van der Waals surface area contributed by atoms with E-state index in [0.29, 0.717) is 0 Å². The van der Waals surface area contributed by atoms with E-state index in [1.165, 1.54) is 21.9 Å². The van der Waals surface area contributed by atoms with E-state index < -0.39 is 13.6 Å². The standard InChI is InChI=1S/C26H29NSi/c1-26(23-16-10-6-11-17-23,24-18-12-7-13-19-24)27-21-25(28(2,3)4)20-22-14-8-5-9-15-22/h5-19H,20H2,1-4H3. The molecule has 0 saturated carbocycles. The molecule has 2 heteroatoms. The number of aliphatic imine (C=N–C) groups is 1. The van der Waals surface area contributed by atoms with Gasteiger partial charge >= 0.3 is 0 Å². The van der Waals surface area contributed by atoms with Crippen LogP contribution in [0.2, 0.25) is 19.6 Å². The Morgan fingerprint density at radius 2 is 1.18 bits per heavy atom. The predicted octanol–water partition coefficient (Wildman–Crippen LogP) is 6.67. The fourth-order valence-corrected chi connectivity index (χ4v) is 4.40. The molecule has 3 aromatic rings. The predicted molar refractivity (Wildman–Crippen MR) is 124 cm³/mol. The maximum absolute atomic E-state index is 5.11. The van der Waals surface area contributed by atoms with Gasteiger partial charge in [0.1, 0.15) is 5.54 Å². The molecule has 0 aliphatic rings. The highest BCUT2D eigenvalue weighted by Crippen LogP contribution is 2.33. The van der Waals surface area contributed by atoms with Crippen molar-refractivity contribution >= 4 is 13.9 Å². The fourth-order valence-electron chi connectivity index (χ4n) is 3.27. The summed E-state index contributed by atoms with van der Waals surface area (Å²) >= 11 is 0. The molecule has 0 radical (unpaired) electrons. The molecule has 28 heavy (non-hydrogen) atoms. The Morgan fingerprint density at radius 3 is 1.61 bits per heavy atom. The molecule has 0 aliphatic heterocycles. The highest BCUT2D eigenvalue weighted by atomic mass is 28.3. The molecule has 0 unspecified atom stereocenters. The molecule has 0 fully saturated rings. The molecule has 0 saturated heterocycles. The smallest absolute Gasteiger partial charge is 0.117 e. The Hall–Kier alpha value is -2.67. The van der Waals surface area contributed by atoms with Crippen molar-refractivity contribution in [2.45, 2.75) is 38.5 Å². The molecule has 142 valence electrons. The van der Waals surface area contributed by atoms with Crippen LogP contribution in [0.4, 0.5) is 0 Å².